The van der Waals surface area contributed by atoms with Crippen molar-refractivity contribution in [2.45, 2.75) is 25.7 Å². The second-order valence-corrected chi connectivity index (χ2v) is 6.41. The number of rotatable bonds is 5. The fourth-order valence-electron chi connectivity index (χ4n) is 2.58. The number of aromatic nitrogens is 1. The Bertz CT molecular complexity index is 836. The summed E-state index contributed by atoms with van der Waals surface area (Å²) in [6, 6.07) is 12.3. The molecular formula is C19H17ClF3N3O. The topological polar surface area (TPSA) is 37.7 Å². The zero-order valence-corrected chi connectivity index (χ0v) is 15.2. The van der Waals surface area contributed by atoms with Crippen molar-refractivity contribution in [2.75, 3.05) is 6.54 Å². The van der Waals surface area contributed by atoms with Gasteiger partial charge in [-0.1, -0.05) is 29.8 Å². The maximum Gasteiger partial charge on any atom is 0.425 e. The standard InChI is InChI=1S/C19H17ClF3N3O/c1-13(19(21,22)23)27-18-17(14-5-7-15(20)8-6-14)26(11-10-25-18)12-16-4-2-3-9-24-16/h2-10,13H,11-12H2,1H3/t13-/m0/s1. The summed E-state index contributed by atoms with van der Waals surface area (Å²) in [5, 5.41) is 0.529. The molecule has 2 heterocycles. The van der Waals surface area contributed by atoms with Crippen LogP contribution in [-0.4, -0.2) is 34.9 Å². The summed E-state index contributed by atoms with van der Waals surface area (Å²) in [6.07, 6.45) is -3.28. The van der Waals surface area contributed by atoms with Crippen LogP contribution in [-0.2, 0) is 11.3 Å². The zero-order valence-electron chi connectivity index (χ0n) is 14.4. The van der Waals surface area contributed by atoms with Gasteiger partial charge in [-0.2, -0.15) is 13.2 Å². The predicted molar refractivity (Wildman–Crippen MR) is 98.1 cm³/mol. The molecule has 0 unspecified atom stereocenters. The van der Waals surface area contributed by atoms with Crippen LogP contribution < -0.4 is 0 Å². The third kappa shape index (κ3) is 4.80. The van der Waals surface area contributed by atoms with E-state index >= 15 is 0 Å². The van der Waals surface area contributed by atoms with E-state index in [0.29, 0.717) is 29.4 Å². The third-order valence-electron chi connectivity index (χ3n) is 3.98. The molecule has 142 valence electrons. The van der Waals surface area contributed by atoms with E-state index in [0.717, 1.165) is 12.6 Å². The van der Waals surface area contributed by atoms with Gasteiger partial charge >= 0.3 is 6.18 Å². The lowest BCUT2D eigenvalue weighted by atomic mass is 10.1. The van der Waals surface area contributed by atoms with Crippen LogP contribution in [0.2, 0.25) is 5.02 Å². The lowest BCUT2D eigenvalue weighted by Crippen LogP contribution is -2.32. The van der Waals surface area contributed by atoms with Crippen molar-refractivity contribution < 1.29 is 17.9 Å². The first-order chi connectivity index (χ1) is 12.8. The molecule has 0 saturated carbocycles. The largest absolute Gasteiger partial charge is 0.463 e. The molecule has 4 nitrogen and oxygen atoms in total. The Hall–Kier alpha value is -2.54. The molecule has 0 aliphatic carbocycles. The molecular weight excluding hydrogens is 379 g/mol. The van der Waals surface area contributed by atoms with Gasteiger partial charge in [-0.25, -0.2) is 4.99 Å². The summed E-state index contributed by atoms with van der Waals surface area (Å²) in [4.78, 5) is 10.3. The number of nitrogens with zero attached hydrogens (tertiary/aromatic N) is 3. The molecule has 0 amide bonds. The molecule has 1 aliphatic rings. The Morgan fingerprint density at radius 3 is 2.56 bits per heavy atom. The van der Waals surface area contributed by atoms with E-state index in [1.165, 1.54) is 6.21 Å². The summed E-state index contributed by atoms with van der Waals surface area (Å²) >= 11 is 5.95. The second kappa shape index (κ2) is 8.00. The highest BCUT2D eigenvalue weighted by atomic mass is 35.5. The van der Waals surface area contributed by atoms with Gasteiger partial charge in [0, 0.05) is 23.0 Å². The Morgan fingerprint density at radius 2 is 1.93 bits per heavy atom. The first kappa shape index (κ1) is 19.2. The molecule has 0 N–H and O–H groups in total. The van der Waals surface area contributed by atoms with Crippen molar-refractivity contribution in [2.24, 2.45) is 4.99 Å². The molecule has 0 saturated heterocycles. The molecule has 3 rings (SSSR count). The SMILES string of the molecule is C[C@H](OC1=C(c2ccc(Cl)cc2)N(Cc2ccccn2)CC=N1)C(F)(F)F. The minimum absolute atomic E-state index is 0.0793. The number of pyridine rings is 1. The van der Waals surface area contributed by atoms with Crippen molar-refractivity contribution in [3.63, 3.8) is 0 Å². The molecule has 2 aromatic rings. The third-order valence-corrected chi connectivity index (χ3v) is 4.23. The summed E-state index contributed by atoms with van der Waals surface area (Å²) in [5.74, 6) is -0.0793. The highest BCUT2D eigenvalue weighted by molar-refractivity contribution is 6.30. The van der Waals surface area contributed by atoms with Gasteiger partial charge in [0.25, 0.3) is 0 Å². The number of alkyl halides is 3. The fourth-order valence-corrected chi connectivity index (χ4v) is 2.70. The molecule has 27 heavy (non-hydrogen) atoms. The van der Waals surface area contributed by atoms with Crippen LogP contribution in [0, 0.1) is 0 Å². The number of aliphatic imine (C=N–C) groups is 1. The van der Waals surface area contributed by atoms with E-state index < -0.39 is 12.3 Å². The molecule has 0 spiro atoms. The van der Waals surface area contributed by atoms with Gasteiger partial charge in [0.2, 0.25) is 5.88 Å². The molecule has 1 atom stereocenters. The van der Waals surface area contributed by atoms with E-state index in [1.54, 1.807) is 36.5 Å². The highest BCUT2D eigenvalue weighted by Crippen LogP contribution is 2.32. The van der Waals surface area contributed by atoms with Gasteiger partial charge < -0.3 is 9.64 Å². The maximum absolute atomic E-state index is 13.0. The summed E-state index contributed by atoms with van der Waals surface area (Å²) < 4.78 is 44.2. The van der Waals surface area contributed by atoms with Crippen LogP contribution in [0.5, 0.6) is 0 Å². The maximum atomic E-state index is 13.0. The average Bonchev–Trinajstić information content (AvgIpc) is 2.63. The first-order valence-electron chi connectivity index (χ1n) is 8.25. The van der Waals surface area contributed by atoms with Gasteiger partial charge in [-0.15, -0.1) is 0 Å². The molecule has 0 radical (unpaired) electrons. The van der Waals surface area contributed by atoms with Crippen molar-refractivity contribution >= 4 is 23.5 Å². The number of hydrogen-bond donors (Lipinski definition) is 0. The van der Waals surface area contributed by atoms with Crippen molar-refractivity contribution in [1.82, 2.24) is 9.88 Å². The molecule has 1 aromatic heterocycles. The Morgan fingerprint density at radius 1 is 1.19 bits per heavy atom. The number of ether oxygens (including phenoxy) is 1. The summed E-state index contributed by atoms with van der Waals surface area (Å²) in [7, 11) is 0. The number of benzene rings is 1. The van der Waals surface area contributed by atoms with Crippen LogP contribution in [0.3, 0.4) is 0 Å². The number of hydrogen-bond acceptors (Lipinski definition) is 4. The normalized spacial score (nSPS) is 15.8. The van der Waals surface area contributed by atoms with E-state index in [9.17, 15) is 13.2 Å². The summed E-state index contributed by atoms with van der Waals surface area (Å²) in [5.41, 5.74) is 1.91. The molecule has 8 heteroatoms. The lowest BCUT2D eigenvalue weighted by Gasteiger charge is -2.31. The quantitative estimate of drug-likeness (QED) is 0.721. The highest BCUT2D eigenvalue weighted by Gasteiger charge is 2.39. The van der Waals surface area contributed by atoms with Crippen LogP contribution in [0.4, 0.5) is 13.2 Å². The minimum Gasteiger partial charge on any atom is -0.463 e. The van der Waals surface area contributed by atoms with Crippen LogP contribution in [0.15, 0.2) is 59.5 Å². The van der Waals surface area contributed by atoms with Crippen LogP contribution in [0.25, 0.3) is 5.70 Å². The van der Waals surface area contributed by atoms with E-state index in [2.05, 4.69) is 9.98 Å². The minimum atomic E-state index is -4.49. The van der Waals surface area contributed by atoms with E-state index in [1.807, 2.05) is 17.0 Å². The van der Waals surface area contributed by atoms with Gasteiger partial charge in [0.1, 0.15) is 5.70 Å². The Labute approximate surface area is 160 Å². The second-order valence-electron chi connectivity index (χ2n) is 5.98. The van der Waals surface area contributed by atoms with Gasteiger partial charge in [0.05, 0.1) is 18.8 Å². The fraction of sp³-hybridized carbons (Fsp3) is 0.263. The molecule has 0 bridgehead atoms. The van der Waals surface area contributed by atoms with Gasteiger partial charge in [0.15, 0.2) is 6.10 Å². The summed E-state index contributed by atoms with van der Waals surface area (Å²) in [6.45, 7) is 1.78. The predicted octanol–water partition coefficient (Wildman–Crippen LogP) is 4.92. The van der Waals surface area contributed by atoms with E-state index in [4.69, 9.17) is 16.3 Å². The molecule has 0 fully saturated rings. The van der Waals surface area contributed by atoms with Crippen LogP contribution >= 0.6 is 11.6 Å². The Balaban J connectivity index is 2.00. The first-order valence-corrected chi connectivity index (χ1v) is 8.63. The van der Waals surface area contributed by atoms with Crippen molar-refractivity contribution in [3.05, 3.63) is 70.8 Å². The molecule has 1 aromatic carbocycles. The average molecular weight is 396 g/mol. The monoisotopic (exact) mass is 395 g/mol. The molecule has 1 aliphatic heterocycles. The van der Waals surface area contributed by atoms with Gasteiger partial charge in [-0.3, -0.25) is 4.98 Å². The Kier molecular flexibility index (Phi) is 5.70. The van der Waals surface area contributed by atoms with Crippen molar-refractivity contribution in [3.8, 4) is 0 Å². The van der Waals surface area contributed by atoms with Crippen LogP contribution in [0.1, 0.15) is 18.2 Å². The number of halogens is 4. The van der Waals surface area contributed by atoms with Crippen molar-refractivity contribution in [1.29, 1.82) is 0 Å². The smallest absolute Gasteiger partial charge is 0.425 e. The lowest BCUT2D eigenvalue weighted by molar-refractivity contribution is -0.203. The van der Waals surface area contributed by atoms with Gasteiger partial charge in [-0.05, 0) is 31.2 Å². The zero-order chi connectivity index (χ0) is 19.4. The van der Waals surface area contributed by atoms with E-state index in [-0.39, 0.29) is 5.88 Å².